The summed E-state index contributed by atoms with van der Waals surface area (Å²) in [6.45, 7) is 5.70. The van der Waals surface area contributed by atoms with Crippen LogP contribution in [0.1, 0.15) is 24.7 Å². The maximum absolute atomic E-state index is 6.16. The molecule has 2 atom stereocenters. The summed E-state index contributed by atoms with van der Waals surface area (Å²) in [7, 11) is 0. The zero-order valence-electron chi connectivity index (χ0n) is 15.5. The Morgan fingerprint density at radius 1 is 1.19 bits per heavy atom. The van der Waals surface area contributed by atoms with E-state index in [4.69, 9.17) is 14.5 Å². The monoisotopic (exact) mass is 364 g/mol. The van der Waals surface area contributed by atoms with Gasteiger partial charge in [-0.2, -0.15) is 0 Å². The van der Waals surface area contributed by atoms with Gasteiger partial charge in [-0.05, 0) is 44.5 Å². The zero-order chi connectivity index (χ0) is 18.2. The molecule has 0 amide bonds. The lowest BCUT2D eigenvalue weighted by Crippen LogP contribution is -2.45. The van der Waals surface area contributed by atoms with Gasteiger partial charge in [0.15, 0.2) is 11.5 Å². The largest absolute Gasteiger partial charge is 0.486 e. The van der Waals surface area contributed by atoms with Crippen LogP contribution in [-0.4, -0.2) is 51.8 Å². The maximum atomic E-state index is 6.16. The van der Waals surface area contributed by atoms with Crippen molar-refractivity contribution < 1.29 is 9.47 Å². The van der Waals surface area contributed by atoms with E-state index in [9.17, 15) is 0 Å². The minimum atomic E-state index is 0.0727. The molecule has 1 aromatic carbocycles. The number of nitrogens with zero attached hydrogens (tertiary/aromatic N) is 4. The molecule has 1 fully saturated rings. The Kier molecular flexibility index (Phi) is 4.20. The molecule has 2 aliphatic rings. The van der Waals surface area contributed by atoms with Gasteiger partial charge in [-0.25, -0.2) is 4.98 Å². The van der Waals surface area contributed by atoms with Crippen LogP contribution in [0.4, 0.5) is 0 Å². The molecule has 2 aliphatic heterocycles. The average molecular weight is 364 g/mol. The van der Waals surface area contributed by atoms with Gasteiger partial charge in [0, 0.05) is 25.3 Å². The number of likely N-dealkylation sites (tertiary alicyclic amines) is 1. The Bertz CT molecular complexity index is 954. The minimum Gasteiger partial charge on any atom is -0.486 e. The predicted molar refractivity (Wildman–Crippen MR) is 103 cm³/mol. The molecule has 2 aromatic heterocycles. The van der Waals surface area contributed by atoms with E-state index < -0.39 is 0 Å². The maximum Gasteiger partial charge on any atom is 0.161 e. The number of imidazole rings is 1. The first kappa shape index (κ1) is 16.6. The van der Waals surface area contributed by atoms with Crippen molar-refractivity contribution in [2.45, 2.75) is 31.9 Å². The van der Waals surface area contributed by atoms with Gasteiger partial charge in [0.1, 0.15) is 24.1 Å². The van der Waals surface area contributed by atoms with Gasteiger partial charge < -0.3 is 14.0 Å². The number of ether oxygens (including phenoxy) is 2. The van der Waals surface area contributed by atoms with E-state index in [0.29, 0.717) is 12.6 Å². The molecular formula is C21H24N4O2. The Morgan fingerprint density at radius 2 is 2.07 bits per heavy atom. The molecule has 1 saturated heterocycles. The molecule has 140 valence electrons. The predicted octanol–water partition coefficient (Wildman–Crippen LogP) is 3.22. The average Bonchev–Trinajstić information content (AvgIpc) is 3.04. The Morgan fingerprint density at radius 3 is 3.00 bits per heavy atom. The number of hydrogen-bond donors (Lipinski definition) is 0. The first-order chi connectivity index (χ1) is 13.3. The van der Waals surface area contributed by atoms with Crippen molar-refractivity contribution in [3.63, 3.8) is 0 Å². The summed E-state index contributed by atoms with van der Waals surface area (Å²) in [6.07, 6.45) is 6.13. The summed E-state index contributed by atoms with van der Waals surface area (Å²) in [5, 5.41) is 0. The summed E-state index contributed by atoms with van der Waals surface area (Å²) in [5.74, 6) is 2.77. The number of rotatable bonds is 3. The molecule has 3 aromatic rings. The van der Waals surface area contributed by atoms with Crippen molar-refractivity contribution >= 4 is 11.0 Å². The quantitative estimate of drug-likeness (QED) is 0.714. The van der Waals surface area contributed by atoms with Gasteiger partial charge in [-0.3, -0.25) is 9.88 Å². The number of pyridine rings is 1. The Labute approximate surface area is 158 Å². The normalized spacial score (nSPS) is 22.9. The van der Waals surface area contributed by atoms with Gasteiger partial charge in [0.25, 0.3) is 0 Å². The molecule has 0 spiro atoms. The van der Waals surface area contributed by atoms with E-state index >= 15 is 0 Å². The van der Waals surface area contributed by atoms with Gasteiger partial charge in [-0.15, -0.1) is 0 Å². The van der Waals surface area contributed by atoms with Crippen LogP contribution in [0.3, 0.4) is 0 Å². The molecule has 0 bridgehead atoms. The van der Waals surface area contributed by atoms with Crippen LogP contribution in [0.2, 0.25) is 0 Å². The lowest BCUT2D eigenvalue weighted by Gasteiger charge is -2.37. The molecule has 0 aliphatic carbocycles. The van der Waals surface area contributed by atoms with E-state index in [-0.39, 0.29) is 6.10 Å². The first-order valence-corrected chi connectivity index (χ1v) is 9.67. The van der Waals surface area contributed by atoms with Crippen molar-refractivity contribution in [2.24, 2.45) is 0 Å². The van der Waals surface area contributed by atoms with E-state index in [1.54, 1.807) is 0 Å². The molecule has 0 N–H and O–H groups in total. The number of hydrogen-bond acceptors (Lipinski definition) is 5. The van der Waals surface area contributed by atoms with Crippen molar-refractivity contribution in [3.05, 3.63) is 48.5 Å². The van der Waals surface area contributed by atoms with Gasteiger partial charge in [0.2, 0.25) is 0 Å². The minimum absolute atomic E-state index is 0.0727. The lowest BCUT2D eigenvalue weighted by atomic mass is 10.0. The number of fused-ring (bicyclic) bond motifs is 2. The van der Waals surface area contributed by atoms with E-state index in [1.165, 1.54) is 18.4 Å². The van der Waals surface area contributed by atoms with Crippen molar-refractivity contribution in [3.8, 4) is 11.5 Å². The van der Waals surface area contributed by atoms with Crippen LogP contribution in [0.15, 0.2) is 42.7 Å². The van der Waals surface area contributed by atoms with E-state index in [1.807, 2.05) is 36.7 Å². The molecule has 0 radical (unpaired) electrons. The zero-order valence-corrected chi connectivity index (χ0v) is 15.5. The van der Waals surface area contributed by atoms with Crippen molar-refractivity contribution in [1.29, 1.82) is 0 Å². The highest BCUT2D eigenvalue weighted by Gasteiger charge is 2.28. The highest BCUT2D eigenvalue weighted by Crippen LogP contribution is 2.32. The fourth-order valence-electron chi connectivity index (χ4n) is 4.38. The van der Waals surface area contributed by atoms with Crippen molar-refractivity contribution in [1.82, 2.24) is 19.4 Å². The summed E-state index contributed by atoms with van der Waals surface area (Å²) in [4.78, 5) is 11.4. The van der Waals surface area contributed by atoms with Crippen LogP contribution < -0.4 is 9.47 Å². The Balaban J connectivity index is 1.31. The topological polar surface area (TPSA) is 52.4 Å². The molecule has 0 saturated carbocycles. The number of benzene rings is 1. The summed E-state index contributed by atoms with van der Waals surface area (Å²) in [6, 6.07) is 10.4. The van der Waals surface area contributed by atoms with E-state index in [0.717, 1.165) is 42.5 Å². The van der Waals surface area contributed by atoms with Crippen molar-refractivity contribution in [2.75, 3.05) is 26.2 Å². The third-order valence-corrected chi connectivity index (χ3v) is 5.54. The molecular weight excluding hydrogens is 340 g/mol. The molecule has 5 rings (SSSR count). The number of aromatic nitrogens is 3. The number of piperidine rings is 1. The fraction of sp³-hybridized carbons (Fsp3) is 0.429. The smallest absolute Gasteiger partial charge is 0.161 e. The lowest BCUT2D eigenvalue weighted by molar-refractivity contribution is 0.0462. The number of para-hydroxylation sites is 2. The third-order valence-electron chi connectivity index (χ3n) is 5.54. The molecule has 6 nitrogen and oxygen atoms in total. The SMILES string of the molecule is Cc1nc2cnccc2n1C1CCCN(CC2COc3ccccc3O2)C1. The number of aryl methyl sites for hydroxylation is 1. The van der Waals surface area contributed by atoms with E-state index in [2.05, 4.69) is 27.4 Å². The summed E-state index contributed by atoms with van der Waals surface area (Å²) < 4.78 is 14.4. The molecule has 2 unspecified atom stereocenters. The highest BCUT2D eigenvalue weighted by molar-refractivity contribution is 5.74. The second-order valence-electron chi connectivity index (χ2n) is 7.45. The van der Waals surface area contributed by atoms with Gasteiger partial charge in [-0.1, -0.05) is 12.1 Å². The van der Waals surface area contributed by atoms with Crippen LogP contribution in [0, 0.1) is 6.92 Å². The standard InChI is InChI=1S/C21H24N4O2/c1-15-23-18-11-22-9-8-19(18)25(15)16-5-4-10-24(12-16)13-17-14-26-20-6-2-3-7-21(20)27-17/h2-3,6-9,11,16-17H,4-5,10,12-14H2,1H3. The summed E-state index contributed by atoms with van der Waals surface area (Å²) in [5.41, 5.74) is 2.16. The van der Waals surface area contributed by atoms with Crippen LogP contribution in [-0.2, 0) is 0 Å². The van der Waals surface area contributed by atoms with Gasteiger partial charge in [0.05, 0.1) is 11.7 Å². The fourth-order valence-corrected chi connectivity index (χ4v) is 4.38. The molecule has 6 heteroatoms. The Hall–Kier alpha value is -2.60. The second kappa shape index (κ2) is 6.85. The van der Waals surface area contributed by atoms with Crippen LogP contribution in [0.5, 0.6) is 11.5 Å². The van der Waals surface area contributed by atoms with Crippen LogP contribution in [0.25, 0.3) is 11.0 Å². The second-order valence-corrected chi connectivity index (χ2v) is 7.45. The molecule has 27 heavy (non-hydrogen) atoms. The van der Waals surface area contributed by atoms with Gasteiger partial charge >= 0.3 is 0 Å². The highest BCUT2D eigenvalue weighted by atomic mass is 16.6. The first-order valence-electron chi connectivity index (χ1n) is 9.67. The third kappa shape index (κ3) is 3.14. The van der Waals surface area contributed by atoms with Crippen LogP contribution >= 0.6 is 0 Å². The molecule has 4 heterocycles. The summed E-state index contributed by atoms with van der Waals surface area (Å²) >= 11 is 0.